The lowest BCUT2D eigenvalue weighted by atomic mass is 10.7. The summed E-state index contributed by atoms with van der Waals surface area (Å²) in [6, 6.07) is 0. The third kappa shape index (κ3) is 6.12. The molecule has 7 nitrogen and oxygen atoms in total. The highest BCUT2D eigenvalue weighted by atomic mass is 31.2. The molecule has 0 aromatic rings. The third-order valence-electron chi connectivity index (χ3n) is 0.584. The summed E-state index contributed by atoms with van der Waals surface area (Å²) >= 11 is 0. The summed E-state index contributed by atoms with van der Waals surface area (Å²) in [6.45, 7) is 0. The Morgan fingerprint density at radius 3 is 2.40 bits per heavy atom. The van der Waals surface area contributed by atoms with Gasteiger partial charge in [-0.3, -0.25) is 4.57 Å². The second-order valence-electron chi connectivity index (χ2n) is 1.56. The molecule has 0 aromatic heterocycles. The van der Waals surface area contributed by atoms with Crippen LogP contribution in [0.2, 0.25) is 0 Å². The first kappa shape index (κ1) is 9.99. The molecule has 0 aliphatic rings. The zero-order chi connectivity index (χ0) is 8.20. The Bertz CT molecular complexity index is 132. The van der Waals surface area contributed by atoms with Gasteiger partial charge < -0.3 is 15.5 Å². The Morgan fingerprint density at radius 1 is 1.60 bits per heavy atom. The molecule has 0 rings (SSSR count). The van der Waals surface area contributed by atoms with Crippen molar-refractivity contribution in [3.05, 3.63) is 0 Å². The summed E-state index contributed by atoms with van der Waals surface area (Å²) in [5.74, 6) is 0. The molecule has 0 spiro atoms. The van der Waals surface area contributed by atoms with E-state index in [9.17, 15) is 4.57 Å². The second kappa shape index (κ2) is 3.99. The van der Waals surface area contributed by atoms with Crippen molar-refractivity contribution in [3.8, 4) is 0 Å². The molecule has 10 heavy (non-hydrogen) atoms. The van der Waals surface area contributed by atoms with E-state index in [4.69, 9.17) is 20.8 Å². The van der Waals surface area contributed by atoms with E-state index in [0.717, 1.165) is 0 Å². The molecule has 8 heteroatoms. The van der Waals surface area contributed by atoms with Gasteiger partial charge >= 0.3 is 7.60 Å². The molecule has 0 aliphatic heterocycles. The van der Waals surface area contributed by atoms with E-state index < -0.39 is 20.0 Å². The van der Waals surface area contributed by atoms with E-state index in [1.54, 1.807) is 0 Å². The van der Waals surface area contributed by atoms with Crippen LogP contribution in [0.3, 0.4) is 0 Å². The van der Waals surface area contributed by atoms with Gasteiger partial charge in [-0.15, -0.1) is 0 Å². The van der Waals surface area contributed by atoms with Gasteiger partial charge in [-0.05, 0) is 0 Å². The van der Waals surface area contributed by atoms with Crippen LogP contribution in [-0.2, 0) is 14.5 Å². The van der Waals surface area contributed by atoms with Gasteiger partial charge in [-0.25, -0.2) is 5.26 Å². The molecule has 0 amide bonds. The van der Waals surface area contributed by atoms with Gasteiger partial charge in [0.05, 0.1) is 6.16 Å². The van der Waals surface area contributed by atoms with Crippen molar-refractivity contribution in [2.24, 2.45) is 5.73 Å². The minimum absolute atomic E-state index is 0.701. The first-order chi connectivity index (χ1) is 4.45. The van der Waals surface area contributed by atoms with Crippen LogP contribution >= 0.6 is 7.60 Å². The average Bonchev–Trinajstić information content (AvgIpc) is 1.59. The number of hydrogen-bond acceptors (Lipinski definition) is 5. The highest BCUT2D eigenvalue weighted by molar-refractivity contribution is 7.51. The van der Waals surface area contributed by atoms with Crippen LogP contribution in [0.4, 0.5) is 0 Å². The van der Waals surface area contributed by atoms with Crippen molar-refractivity contribution < 1.29 is 29.5 Å². The maximum Gasteiger partial charge on any atom is 0.329 e. The molecule has 1 atom stereocenters. The summed E-state index contributed by atoms with van der Waals surface area (Å²) < 4.78 is 10.1. The molecule has 0 aliphatic carbocycles. The largest absolute Gasteiger partial charge is 0.329 e. The molecule has 0 radical (unpaired) electrons. The highest BCUT2D eigenvalue weighted by Gasteiger charge is 2.19. The Hall–Kier alpha value is -0.0100. The fourth-order valence-electron chi connectivity index (χ4n) is 0.320. The molecule has 0 saturated carbocycles. The van der Waals surface area contributed by atoms with Crippen molar-refractivity contribution in [2.45, 2.75) is 6.23 Å². The summed E-state index contributed by atoms with van der Waals surface area (Å²) in [5.41, 5.74) is 4.87. The first-order valence-corrected chi connectivity index (χ1v) is 4.02. The van der Waals surface area contributed by atoms with Gasteiger partial charge in [0, 0.05) is 0 Å². The van der Waals surface area contributed by atoms with E-state index in [-0.39, 0.29) is 0 Å². The smallest absolute Gasteiger partial charge is 0.324 e. The van der Waals surface area contributed by atoms with Crippen molar-refractivity contribution in [1.82, 2.24) is 0 Å². The van der Waals surface area contributed by atoms with Crippen LogP contribution in [0, 0.1) is 0 Å². The molecule has 62 valence electrons. The Kier molecular flexibility index (Phi) is 3.99. The summed E-state index contributed by atoms with van der Waals surface area (Å²) in [7, 11) is -4.19. The van der Waals surface area contributed by atoms with Gasteiger partial charge in [0.15, 0.2) is 6.23 Å². The fourth-order valence-corrected chi connectivity index (χ4v) is 0.850. The van der Waals surface area contributed by atoms with E-state index >= 15 is 0 Å². The van der Waals surface area contributed by atoms with Crippen LogP contribution in [0.1, 0.15) is 0 Å². The molecule has 0 aromatic carbocycles. The lowest BCUT2D eigenvalue weighted by Gasteiger charge is -2.08. The van der Waals surface area contributed by atoms with Crippen molar-refractivity contribution in [2.75, 3.05) is 6.16 Å². The number of hydrogen-bond donors (Lipinski definition) is 4. The van der Waals surface area contributed by atoms with Crippen LogP contribution in [-0.4, -0.2) is 27.4 Å². The predicted molar refractivity (Wildman–Crippen MR) is 29.7 cm³/mol. The maximum atomic E-state index is 10.1. The zero-order valence-electron chi connectivity index (χ0n) is 4.88. The van der Waals surface area contributed by atoms with Gasteiger partial charge in [-0.1, -0.05) is 5.04 Å². The maximum absolute atomic E-state index is 10.1. The first-order valence-electron chi connectivity index (χ1n) is 2.23. The molecule has 0 fully saturated rings. The SMILES string of the molecule is NC(CP(=O)(O)O)OOO. The number of rotatable bonds is 4. The topological polar surface area (TPSA) is 122 Å². The third-order valence-corrected chi connectivity index (χ3v) is 1.42. The molecule has 5 N–H and O–H groups in total. The molecule has 1 unspecified atom stereocenters. The highest BCUT2D eigenvalue weighted by Crippen LogP contribution is 2.34. The van der Waals surface area contributed by atoms with Crippen LogP contribution in [0.15, 0.2) is 0 Å². The van der Waals surface area contributed by atoms with E-state index in [1.165, 1.54) is 0 Å². The monoisotopic (exact) mass is 173 g/mol. The quantitative estimate of drug-likeness (QED) is 0.183. The molecule has 0 saturated heterocycles. The minimum atomic E-state index is -4.19. The molecule has 0 bridgehead atoms. The molecular formula is C2H8NO6P. The summed E-state index contributed by atoms with van der Waals surface area (Å²) in [5, 5.41) is 10.7. The Labute approximate surface area is 56.4 Å². The van der Waals surface area contributed by atoms with Gasteiger partial charge in [0.1, 0.15) is 0 Å². The fraction of sp³-hybridized carbons (Fsp3) is 1.00. The van der Waals surface area contributed by atoms with Crippen LogP contribution in [0.5, 0.6) is 0 Å². The van der Waals surface area contributed by atoms with E-state index in [2.05, 4.69) is 9.93 Å². The van der Waals surface area contributed by atoms with Gasteiger partial charge in [0.2, 0.25) is 0 Å². The Morgan fingerprint density at radius 2 is 2.10 bits per heavy atom. The van der Waals surface area contributed by atoms with Crippen LogP contribution in [0.25, 0.3) is 0 Å². The normalized spacial score (nSPS) is 15.2. The summed E-state index contributed by atoms with van der Waals surface area (Å²) in [4.78, 5) is 20.2. The second-order valence-corrected chi connectivity index (χ2v) is 3.25. The lowest BCUT2D eigenvalue weighted by molar-refractivity contribution is -0.503. The summed E-state index contributed by atoms with van der Waals surface area (Å²) in [6.07, 6.45) is -2.03. The average molecular weight is 173 g/mol. The van der Waals surface area contributed by atoms with Crippen molar-refractivity contribution in [1.29, 1.82) is 0 Å². The van der Waals surface area contributed by atoms with Crippen molar-refractivity contribution >= 4 is 7.60 Å². The van der Waals surface area contributed by atoms with E-state index in [1.807, 2.05) is 0 Å². The lowest BCUT2D eigenvalue weighted by Crippen LogP contribution is -2.27. The standard InChI is InChI=1S/C2H8NO6P/c3-2(8-9-4)1-10(5,6)7/h2,4H,1,3H2,(H2,5,6,7). The number of nitrogens with two attached hydrogens (primary N) is 1. The molecule has 0 heterocycles. The predicted octanol–water partition coefficient (Wildman–Crippen LogP) is -1.13. The van der Waals surface area contributed by atoms with Crippen LogP contribution < -0.4 is 5.73 Å². The minimum Gasteiger partial charge on any atom is -0.324 e. The molecular weight excluding hydrogens is 165 g/mol. The Balaban J connectivity index is 3.58. The van der Waals surface area contributed by atoms with Gasteiger partial charge in [-0.2, -0.15) is 4.89 Å². The van der Waals surface area contributed by atoms with E-state index in [0.29, 0.717) is 0 Å². The zero-order valence-corrected chi connectivity index (χ0v) is 5.77. The van der Waals surface area contributed by atoms with Gasteiger partial charge in [0.25, 0.3) is 0 Å². The van der Waals surface area contributed by atoms with Crippen molar-refractivity contribution in [3.63, 3.8) is 0 Å².